The number of nitrogens with one attached hydrogen (secondary N) is 1. The van der Waals surface area contributed by atoms with Gasteiger partial charge < -0.3 is 15.1 Å². The van der Waals surface area contributed by atoms with Gasteiger partial charge in [0.05, 0.1) is 11.9 Å². The monoisotopic (exact) mass is 378 g/mol. The minimum absolute atomic E-state index is 0. The van der Waals surface area contributed by atoms with Crippen molar-refractivity contribution in [2.24, 2.45) is 12.0 Å². The van der Waals surface area contributed by atoms with Crippen LogP contribution in [0.3, 0.4) is 0 Å². The Morgan fingerprint density at radius 1 is 1.47 bits per heavy atom. The Hall–Kier alpha value is -1.32. The number of nitrogens with zero attached hydrogens (tertiary/aromatic N) is 5. The van der Waals surface area contributed by atoms with Crippen molar-refractivity contribution in [3.05, 3.63) is 12.4 Å². The molecule has 0 bridgehead atoms. The highest BCUT2D eigenvalue weighted by Gasteiger charge is 2.27. The third kappa shape index (κ3) is 3.37. The van der Waals surface area contributed by atoms with E-state index in [1.807, 2.05) is 18.1 Å². The number of rotatable bonds is 1. The van der Waals surface area contributed by atoms with Gasteiger partial charge in [0, 0.05) is 40.4 Å². The second-order valence-corrected chi connectivity index (χ2v) is 4.14. The number of carbonyl (C=O) groups excluding carboxylic acids is 1. The van der Waals surface area contributed by atoms with Crippen molar-refractivity contribution in [1.29, 1.82) is 0 Å². The molecule has 1 aromatic rings. The molecule has 1 N–H and O–H groups in total. The first-order valence-electron chi connectivity index (χ1n) is 5.84. The number of amides is 1. The van der Waals surface area contributed by atoms with E-state index >= 15 is 0 Å². The van der Waals surface area contributed by atoms with E-state index in [9.17, 15) is 4.79 Å². The Kier molecular flexibility index (Phi) is 5.58. The molecule has 1 amide bonds. The molecule has 2 heterocycles. The van der Waals surface area contributed by atoms with Crippen molar-refractivity contribution < 1.29 is 4.79 Å². The lowest BCUT2D eigenvalue weighted by Gasteiger charge is -2.34. The van der Waals surface area contributed by atoms with Gasteiger partial charge in [-0.15, -0.1) is 24.0 Å². The summed E-state index contributed by atoms with van der Waals surface area (Å²) in [6.07, 6.45) is 3.56. The van der Waals surface area contributed by atoms with Gasteiger partial charge in [0.25, 0.3) is 0 Å². The molecule has 0 aliphatic carbocycles. The van der Waals surface area contributed by atoms with E-state index in [0.29, 0.717) is 13.1 Å². The zero-order valence-electron chi connectivity index (χ0n) is 11.3. The maximum Gasteiger partial charge on any atom is 0.246 e. The molecular weight excluding hydrogens is 359 g/mol. The number of hydrogen-bond donors (Lipinski definition) is 1. The van der Waals surface area contributed by atoms with Crippen LogP contribution < -0.4 is 10.2 Å². The van der Waals surface area contributed by atoms with Crippen LogP contribution in [0.2, 0.25) is 0 Å². The summed E-state index contributed by atoms with van der Waals surface area (Å²) in [7, 11) is 5.36. The van der Waals surface area contributed by atoms with Gasteiger partial charge in [0.15, 0.2) is 5.96 Å². The van der Waals surface area contributed by atoms with Crippen LogP contribution in [-0.2, 0) is 11.8 Å². The Morgan fingerprint density at radius 2 is 2.21 bits per heavy atom. The number of piperazine rings is 1. The quantitative estimate of drug-likeness (QED) is 0.421. The third-order valence-corrected chi connectivity index (χ3v) is 2.96. The van der Waals surface area contributed by atoms with Gasteiger partial charge in [-0.3, -0.25) is 14.5 Å². The smallest absolute Gasteiger partial charge is 0.246 e. The Labute approximate surface area is 129 Å². The van der Waals surface area contributed by atoms with Crippen molar-refractivity contribution >= 4 is 41.5 Å². The molecule has 2 rings (SSSR count). The number of hydrogen-bond acceptors (Lipinski definition) is 3. The van der Waals surface area contributed by atoms with Crippen LogP contribution in [0.4, 0.5) is 5.69 Å². The first-order chi connectivity index (χ1) is 8.65. The number of guanidine groups is 1. The molecule has 0 unspecified atom stereocenters. The third-order valence-electron chi connectivity index (χ3n) is 2.96. The lowest BCUT2D eigenvalue weighted by atomic mass is 10.3. The molecule has 106 valence electrons. The molecule has 0 atom stereocenters. The largest absolute Gasteiger partial charge is 0.359 e. The molecule has 0 radical (unpaired) electrons. The molecule has 7 nitrogen and oxygen atoms in total. The van der Waals surface area contributed by atoms with E-state index in [1.165, 1.54) is 0 Å². The second-order valence-electron chi connectivity index (χ2n) is 4.14. The normalized spacial score (nSPS) is 16.4. The predicted molar refractivity (Wildman–Crippen MR) is 85.0 cm³/mol. The molecule has 0 aromatic carbocycles. The summed E-state index contributed by atoms with van der Waals surface area (Å²) >= 11 is 0. The number of carbonyl (C=O) groups is 1. The van der Waals surface area contributed by atoms with Gasteiger partial charge in [-0.05, 0) is 0 Å². The zero-order chi connectivity index (χ0) is 13.1. The molecular formula is C11H19IN6O. The van der Waals surface area contributed by atoms with Gasteiger partial charge in [-0.1, -0.05) is 0 Å². The zero-order valence-corrected chi connectivity index (χ0v) is 13.7. The van der Waals surface area contributed by atoms with Crippen LogP contribution in [0.15, 0.2) is 17.4 Å². The van der Waals surface area contributed by atoms with E-state index in [0.717, 1.165) is 18.2 Å². The van der Waals surface area contributed by atoms with E-state index in [1.54, 1.807) is 29.9 Å². The fraction of sp³-hybridized carbons (Fsp3) is 0.545. The summed E-state index contributed by atoms with van der Waals surface area (Å²) in [5.41, 5.74) is 0.849. The van der Waals surface area contributed by atoms with Crippen LogP contribution in [0.25, 0.3) is 0 Å². The number of aliphatic imine (C=N–C) groups is 1. The summed E-state index contributed by atoms with van der Waals surface area (Å²) in [6.45, 7) is 1.74. The second kappa shape index (κ2) is 6.73. The van der Waals surface area contributed by atoms with Crippen molar-refractivity contribution in [2.75, 3.05) is 38.6 Å². The van der Waals surface area contributed by atoms with Crippen molar-refractivity contribution in [3.8, 4) is 0 Å². The summed E-state index contributed by atoms with van der Waals surface area (Å²) in [5.74, 6) is 0.805. The summed E-state index contributed by atoms with van der Waals surface area (Å²) in [4.78, 5) is 19.9. The van der Waals surface area contributed by atoms with E-state index < -0.39 is 0 Å². The van der Waals surface area contributed by atoms with Gasteiger partial charge in [-0.25, -0.2) is 0 Å². The van der Waals surface area contributed by atoms with E-state index in [2.05, 4.69) is 15.4 Å². The van der Waals surface area contributed by atoms with Crippen LogP contribution in [0.5, 0.6) is 0 Å². The number of anilines is 1. The molecule has 0 spiro atoms. The molecule has 19 heavy (non-hydrogen) atoms. The molecule has 1 saturated heterocycles. The summed E-state index contributed by atoms with van der Waals surface area (Å²) in [6, 6.07) is 0. The number of aromatic nitrogens is 2. The van der Waals surface area contributed by atoms with Crippen LogP contribution in [0, 0.1) is 0 Å². The van der Waals surface area contributed by atoms with Crippen molar-refractivity contribution in [2.45, 2.75) is 0 Å². The number of halogens is 1. The SMILES string of the molecule is CN=C(NC)N1CCN(c2cnn(C)c2)C(=O)C1.I. The standard InChI is InChI=1S/C11H18N6O.HI/c1-12-11(13-2)16-4-5-17(10(18)8-16)9-6-14-15(3)7-9;/h6-7H,4-5,8H2,1-3H3,(H,12,13);1H. The minimum atomic E-state index is 0. The van der Waals surface area contributed by atoms with Crippen LogP contribution in [0.1, 0.15) is 0 Å². The fourth-order valence-electron chi connectivity index (χ4n) is 2.09. The highest BCUT2D eigenvalue weighted by Crippen LogP contribution is 2.15. The minimum Gasteiger partial charge on any atom is -0.359 e. The Bertz CT molecular complexity index is 472. The maximum atomic E-state index is 12.1. The fourth-order valence-corrected chi connectivity index (χ4v) is 2.09. The van der Waals surface area contributed by atoms with Crippen molar-refractivity contribution in [3.63, 3.8) is 0 Å². The first-order valence-corrected chi connectivity index (χ1v) is 5.84. The lowest BCUT2D eigenvalue weighted by molar-refractivity contribution is -0.120. The van der Waals surface area contributed by atoms with E-state index in [4.69, 9.17) is 0 Å². The highest BCUT2D eigenvalue weighted by molar-refractivity contribution is 14.0. The molecule has 0 saturated carbocycles. The van der Waals surface area contributed by atoms with Gasteiger partial charge in [-0.2, -0.15) is 5.10 Å². The summed E-state index contributed by atoms with van der Waals surface area (Å²) < 4.78 is 1.70. The van der Waals surface area contributed by atoms with Gasteiger partial charge >= 0.3 is 0 Å². The Morgan fingerprint density at radius 3 is 2.68 bits per heavy atom. The predicted octanol–water partition coefficient (Wildman–Crippen LogP) is -0.108. The molecule has 1 aliphatic rings. The Balaban J connectivity index is 0.00000180. The van der Waals surface area contributed by atoms with Crippen LogP contribution >= 0.6 is 24.0 Å². The summed E-state index contributed by atoms with van der Waals surface area (Å²) in [5, 5.41) is 7.08. The average Bonchev–Trinajstić information content (AvgIpc) is 2.77. The van der Waals surface area contributed by atoms with E-state index in [-0.39, 0.29) is 29.9 Å². The number of aryl methyl sites for hydroxylation is 1. The molecule has 1 aromatic heterocycles. The van der Waals surface area contributed by atoms with Gasteiger partial charge in [0.1, 0.15) is 6.54 Å². The molecule has 1 aliphatic heterocycles. The molecule has 1 fully saturated rings. The lowest BCUT2D eigenvalue weighted by Crippen LogP contribution is -2.54. The topological polar surface area (TPSA) is 65.8 Å². The molecule has 8 heteroatoms. The van der Waals surface area contributed by atoms with Crippen LogP contribution in [-0.4, -0.2) is 60.3 Å². The van der Waals surface area contributed by atoms with Crippen molar-refractivity contribution in [1.82, 2.24) is 20.0 Å². The first kappa shape index (κ1) is 15.7. The highest BCUT2D eigenvalue weighted by atomic mass is 127. The van der Waals surface area contributed by atoms with Gasteiger partial charge in [0.2, 0.25) is 5.91 Å². The maximum absolute atomic E-state index is 12.1. The average molecular weight is 378 g/mol.